The van der Waals surface area contributed by atoms with Gasteiger partial charge in [-0.15, -0.1) is 0 Å². The Kier molecular flexibility index (Phi) is 4.08. The molecule has 1 amide bonds. The molecule has 24 heavy (non-hydrogen) atoms. The van der Waals surface area contributed by atoms with Crippen LogP contribution in [0.25, 0.3) is 0 Å². The lowest BCUT2D eigenvalue weighted by atomic mass is 10.0. The standard InChI is InChI=1S/C19H24N4O/c1-14-11-21-18(23(14)13-15-2-3-15)10-16-6-9-22(12-16)19(24)17-4-7-20-8-5-17/h4-5,7-8,11,15-16H,2-3,6,9-10,12-13H2,1H3. The number of pyridine rings is 1. The number of hydrogen-bond donors (Lipinski definition) is 0. The lowest BCUT2D eigenvalue weighted by molar-refractivity contribution is 0.0787. The van der Waals surface area contributed by atoms with Crippen LogP contribution in [0.1, 0.15) is 41.1 Å². The van der Waals surface area contributed by atoms with Crippen LogP contribution in [-0.2, 0) is 13.0 Å². The second kappa shape index (κ2) is 6.38. The summed E-state index contributed by atoms with van der Waals surface area (Å²) >= 11 is 0. The van der Waals surface area contributed by atoms with E-state index in [1.165, 1.54) is 24.4 Å². The van der Waals surface area contributed by atoms with E-state index >= 15 is 0 Å². The largest absolute Gasteiger partial charge is 0.338 e. The van der Waals surface area contributed by atoms with Crippen LogP contribution in [-0.4, -0.2) is 38.4 Å². The van der Waals surface area contributed by atoms with Gasteiger partial charge in [-0.05, 0) is 50.2 Å². The normalized spacial score (nSPS) is 20.5. The van der Waals surface area contributed by atoms with E-state index in [1.54, 1.807) is 24.5 Å². The van der Waals surface area contributed by atoms with Gasteiger partial charge in [0.05, 0.1) is 0 Å². The Bertz CT molecular complexity index is 720. The minimum Gasteiger partial charge on any atom is -0.338 e. The first-order chi connectivity index (χ1) is 11.7. The van der Waals surface area contributed by atoms with Crippen LogP contribution in [0.15, 0.2) is 30.7 Å². The molecule has 1 saturated carbocycles. The third-order valence-electron chi connectivity index (χ3n) is 5.25. The maximum Gasteiger partial charge on any atom is 0.253 e. The van der Waals surface area contributed by atoms with Crippen LogP contribution < -0.4 is 0 Å². The Morgan fingerprint density at radius 1 is 1.21 bits per heavy atom. The quantitative estimate of drug-likeness (QED) is 0.850. The van der Waals surface area contributed by atoms with Gasteiger partial charge in [-0.1, -0.05) is 0 Å². The van der Waals surface area contributed by atoms with E-state index in [1.807, 2.05) is 11.1 Å². The van der Waals surface area contributed by atoms with Crippen molar-refractivity contribution in [3.8, 4) is 0 Å². The van der Waals surface area contributed by atoms with Crippen molar-refractivity contribution in [1.82, 2.24) is 19.4 Å². The number of carbonyl (C=O) groups is 1. The highest BCUT2D eigenvalue weighted by molar-refractivity contribution is 5.94. The summed E-state index contributed by atoms with van der Waals surface area (Å²) in [6.07, 6.45) is 10.1. The molecule has 4 rings (SSSR count). The summed E-state index contributed by atoms with van der Waals surface area (Å²) in [5, 5.41) is 0. The summed E-state index contributed by atoms with van der Waals surface area (Å²) in [5.74, 6) is 2.68. The molecular weight excluding hydrogens is 300 g/mol. The molecule has 2 aromatic rings. The zero-order valence-corrected chi connectivity index (χ0v) is 14.2. The summed E-state index contributed by atoms with van der Waals surface area (Å²) in [6, 6.07) is 3.59. The number of aryl methyl sites for hydroxylation is 1. The van der Waals surface area contributed by atoms with E-state index < -0.39 is 0 Å². The summed E-state index contributed by atoms with van der Waals surface area (Å²) in [5.41, 5.74) is 2.00. The zero-order chi connectivity index (χ0) is 16.5. The fraction of sp³-hybridized carbons (Fsp3) is 0.526. The molecular formula is C19H24N4O. The topological polar surface area (TPSA) is 51.0 Å². The summed E-state index contributed by atoms with van der Waals surface area (Å²) in [4.78, 5) is 23.1. The van der Waals surface area contributed by atoms with Gasteiger partial charge in [0.15, 0.2) is 0 Å². The minimum absolute atomic E-state index is 0.123. The fourth-order valence-corrected chi connectivity index (χ4v) is 3.60. The molecule has 0 N–H and O–H groups in total. The molecule has 1 unspecified atom stereocenters. The van der Waals surface area contributed by atoms with Crippen molar-refractivity contribution in [2.45, 2.75) is 39.2 Å². The number of rotatable bonds is 5. The Labute approximate surface area is 142 Å². The Morgan fingerprint density at radius 2 is 2.00 bits per heavy atom. The van der Waals surface area contributed by atoms with Gasteiger partial charge in [0.25, 0.3) is 5.91 Å². The van der Waals surface area contributed by atoms with Gasteiger partial charge >= 0.3 is 0 Å². The molecule has 5 nitrogen and oxygen atoms in total. The molecule has 2 fully saturated rings. The number of amides is 1. The van der Waals surface area contributed by atoms with Gasteiger partial charge in [0.1, 0.15) is 5.82 Å². The van der Waals surface area contributed by atoms with Crippen LogP contribution in [0, 0.1) is 18.8 Å². The first-order valence-electron chi connectivity index (χ1n) is 8.91. The third-order valence-corrected chi connectivity index (χ3v) is 5.25. The molecule has 5 heteroatoms. The third kappa shape index (κ3) is 3.21. The van der Waals surface area contributed by atoms with Crippen LogP contribution in [0.3, 0.4) is 0 Å². The summed E-state index contributed by atoms with van der Waals surface area (Å²) in [7, 11) is 0. The molecule has 0 radical (unpaired) electrons. The van der Waals surface area contributed by atoms with E-state index in [4.69, 9.17) is 0 Å². The monoisotopic (exact) mass is 324 g/mol. The van der Waals surface area contributed by atoms with Crippen molar-refractivity contribution in [1.29, 1.82) is 0 Å². The molecule has 126 valence electrons. The molecule has 2 aliphatic rings. The maximum atomic E-state index is 12.5. The smallest absolute Gasteiger partial charge is 0.253 e. The van der Waals surface area contributed by atoms with Crippen molar-refractivity contribution in [2.75, 3.05) is 13.1 Å². The van der Waals surface area contributed by atoms with Gasteiger partial charge in [0.2, 0.25) is 0 Å². The highest BCUT2D eigenvalue weighted by Crippen LogP contribution is 2.32. The highest BCUT2D eigenvalue weighted by Gasteiger charge is 2.29. The second-order valence-electron chi connectivity index (χ2n) is 7.22. The van der Waals surface area contributed by atoms with Crippen LogP contribution in [0.4, 0.5) is 0 Å². The molecule has 0 bridgehead atoms. The lowest BCUT2D eigenvalue weighted by Gasteiger charge is -2.17. The second-order valence-corrected chi connectivity index (χ2v) is 7.22. The number of carbonyl (C=O) groups excluding carboxylic acids is 1. The predicted molar refractivity (Wildman–Crippen MR) is 91.6 cm³/mol. The van der Waals surface area contributed by atoms with Gasteiger partial charge < -0.3 is 9.47 Å². The van der Waals surface area contributed by atoms with E-state index in [9.17, 15) is 4.79 Å². The molecule has 1 aliphatic heterocycles. The fourth-order valence-electron chi connectivity index (χ4n) is 3.60. The molecule has 2 aromatic heterocycles. The molecule has 0 aromatic carbocycles. The van der Waals surface area contributed by atoms with Gasteiger partial charge in [0, 0.05) is 55.9 Å². The number of nitrogens with zero attached hydrogens (tertiary/aromatic N) is 4. The first-order valence-corrected chi connectivity index (χ1v) is 8.91. The number of aromatic nitrogens is 3. The molecule has 1 aliphatic carbocycles. The van der Waals surface area contributed by atoms with E-state index in [2.05, 4.69) is 21.5 Å². The van der Waals surface area contributed by atoms with Crippen molar-refractivity contribution < 1.29 is 4.79 Å². The molecule has 1 atom stereocenters. The number of hydrogen-bond acceptors (Lipinski definition) is 3. The maximum absolute atomic E-state index is 12.5. The van der Waals surface area contributed by atoms with Crippen molar-refractivity contribution in [2.24, 2.45) is 11.8 Å². The van der Waals surface area contributed by atoms with Crippen molar-refractivity contribution >= 4 is 5.91 Å². The van der Waals surface area contributed by atoms with E-state index in [0.717, 1.165) is 44.0 Å². The zero-order valence-electron chi connectivity index (χ0n) is 14.2. The van der Waals surface area contributed by atoms with Crippen LogP contribution in [0.5, 0.6) is 0 Å². The summed E-state index contributed by atoms with van der Waals surface area (Å²) in [6.45, 7) is 4.94. The summed E-state index contributed by atoms with van der Waals surface area (Å²) < 4.78 is 2.39. The minimum atomic E-state index is 0.123. The Morgan fingerprint density at radius 3 is 2.75 bits per heavy atom. The SMILES string of the molecule is Cc1cnc(CC2CCN(C(=O)c3ccncc3)C2)n1CC1CC1. The number of likely N-dealkylation sites (tertiary alicyclic amines) is 1. The van der Waals surface area contributed by atoms with Crippen molar-refractivity contribution in [3.05, 3.63) is 47.8 Å². The molecule has 0 spiro atoms. The predicted octanol–water partition coefficient (Wildman–Crippen LogP) is 2.70. The van der Waals surface area contributed by atoms with E-state index in [-0.39, 0.29) is 5.91 Å². The highest BCUT2D eigenvalue weighted by atomic mass is 16.2. The van der Waals surface area contributed by atoms with Gasteiger partial charge in [-0.3, -0.25) is 9.78 Å². The van der Waals surface area contributed by atoms with Crippen LogP contribution >= 0.6 is 0 Å². The molecule has 3 heterocycles. The Balaban J connectivity index is 1.40. The average molecular weight is 324 g/mol. The van der Waals surface area contributed by atoms with E-state index in [0.29, 0.717) is 5.92 Å². The first kappa shape index (κ1) is 15.4. The molecule has 1 saturated heterocycles. The van der Waals surface area contributed by atoms with Gasteiger partial charge in [-0.2, -0.15) is 0 Å². The number of imidazole rings is 1. The average Bonchev–Trinajstić information content (AvgIpc) is 3.21. The van der Waals surface area contributed by atoms with Gasteiger partial charge in [-0.25, -0.2) is 4.98 Å². The lowest BCUT2D eigenvalue weighted by Crippen LogP contribution is -2.29. The van der Waals surface area contributed by atoms with Crippen molar-refractivity contribution in [3.63, 3.8) is 0 Å². The van der Waals surface area contributed by atoms with Crippen LogP contribution in [0.2, 0.25) is 0 Å². The Hall–Kier alpha value is -2.17.